The van der Waals surface area contributed by atoms with Gasteiger partial charge in [0.2, 0.25) is 0 Å². The van der Waals surface area contributed by atoms with Crippen LogP contribution in [0.3, 0.4) is 0 Å². The summed E-state index contributed by atoms with van der Waals surface area (Å²) in [5.74, 6) is -1.48. The molecule has 0 aliphatic carbocycles. The Hall–Kier alpha value is -1.32. The number of hydrogen-bond acceptors (Lipinski definition) is 2. The van der Waals surface area contributed by atoms with E-state index in [1.165, 1.54) is 250 Å². The maximum Gasteiger partial charge on any atom is 0.327 e. The molecule has 0 aromatic rings. The van der Waals surface area contributed by atoms with E-state index in [2.05, 4.69) is 0 Å². The lowest BCUT2D eigenvalue weighted by Crippen LogP contribution is -1.93. The van der Waals surface area contributed by atoms with E-state index in [-0.39, 0.29) is 0 Å². The minimum atomic E-state index is -0.831. The number of carboxylic acids is 2. The van der Waals surface area contributed by atoms with Gasteiger partial charge in [-0.25, -0.2) is 4.79 Å². The predicted molar refractivity (Wildman–Crippen MR) is 223 cm³/mol. The number of rotatable bonds is 45. The van der Waals surface area contributed by atoms with Crippen molar-refractivity contribution < 1.29 is 19.8 Å². The Labute approximate surface area is 319 Å². The summed E-state index contributed by atoms with van der Waals surface area (Å²) in [7, 11) is 0. The molecule has 0 aromatic carbocycles. The van der Waals surface area contributed by atoms with Crippen molar-refractivity contribution in [3.8, 4) is 0 Å². The molecule has 2 N–H and O–H groups in total. The van der Waals surface area contributed by atoms with Gasteiger partial charge in [0.15, 0.2) is 0 Å². The molecule has 0 rings (SSSR count). The van der Waals surface area contributed by atoms with Gasteiger partial charge in [0.1, 0.15) is 0 Å². The number of carbonyl (C=O) groups is 2. The third kappa shape index (κ3) is 48.7. The second kappa shape index (κ2) is 44.8. The first-order valence-electron chi connectivity index (χ1n) is 23.2. The fourth-order valence-corrected chi connectivity index (χ4v) is 7.62. The molecule has 0 saturated carbocycles. The highest BCUT2D eigenvalue weighted by atomic mass is 16.4. The lowest BCUT2D eigenvalue weighted by atomic mass is 10.0. The highest BCUT2D eigenvalue weighted by molar-refractivity contribution is 5.79. The third-order valence-corrected chi connectivity index (χ3v) is 11.0. The van der Waals surface area contributed by atoms with Crippen LogP contribution >= 0.6 is 0 Å². The summed E-state index contributed by atoms with van der Waals surface area (Å²) < 4.78 is 0. The molecule has 0 saturated heterocycles. The monoisotopic (exact) mass is 719 g/mol. The van der Waals surface area contributed by atoms with Gasteiger partial charge in [0, 0.05) is 12.5 Å². The Balaban J connectivity index is 3.07. The Morgan fingerprint density at radius 2 is 0.451 bits per heavy atom. The van der Waals surface area contributed by atoms with Crippen LogP contribution in [0.1, 0.15) is 276 Å². The van der Waals surface area contributed by atoms with E-state index >= 15 is 0 Å². The van der Waals surface area contributed by atoms with Gasteiger partial charge in [-0.2, -0.15) is 0 Å². The van der Waals surface area contributed by atoms with Gasteiger partial charge in [0.05, 0.1) is 0 Å². The highest BCUT2D eigenvalue weighted by Crippen LogP contribution is 2.18. The molecule has 0 fully saturated rings. The van der Waals surface area contributed by atoms with E-state index in [1.54, 1.807) is 6.08 Å². The van der Waals surface area contributed by atoms with E-state index < -0.39 is 11.9 Å². The second-order valence-corrected chi connectivity index (χ2v) is 16.2. The summed E-state index contributed by atoms with van der Waals surface area (Å²) in [5.41, 5.74) is 0. The maximum absolute atomic E-state index is 10.5. The normalized spacial score (nSPS) is 11.6. The number of allylic oxidation sites excluding steroid dienone is 1. The number of hydrogen-bond donors (Lipinski definition) is 2. The van der Waals surface area contributed by atoms with Crippen molar-refractivity contribution in [3.63, 3.8) is 0 Å². The van der Waals surface area contributed by atoms with Crippen LogP contribution in [0.4, 0.5) is 0 Å². The smallest absolute Gasteiger partial charge is 0.327 e. The average molecular weight is 719 g/mol. The van der Waals surface area contributed by atoms with Gasteiger partial charge < -0.3 is 10.2 Å². The lowest BCUT2D eigenvalue weighted by molar-refractivity contribution is -0.137. The van der Waals surface area contributed by atoms with Crippen LogP contribution in [0.2, 0.25) is 0 Å². The van der Waals surface area contributed by atoms with Crippen LogP contribution in [-0.4, -0.2) is 22.2 Å². The van der Waals surface area contributed by atoms with Crippen molar-refractivity contribution >= 4 is 11.9 Å². The SMILES string of the molecule is O=C(O)C=CCCCCCCCCCCCCCCCCCCCCCCCCCCCCCCCCCCCCCCCCCCCC(=O)O. The van der Waals surface area contributed by atoms with Crippen molar-refractivity contribution in [2.24, 2.45) is 0 Å². The van der Waals surface area contributed by atoms with Gasteiger partial charge in [-0.1, -0.05) is 256 Å². The average Bonchev–Trinajstić information content (AvgIpc) is 3.11. The quantitative estimate of drug-likeness (QED) is 0.0485. The van der Waals surface area contributed by atoms with Crippen molar-refractivity contribution in [2.75, 3.05) is 0 Å². The van der Waals surface area contributed by atoms with Crippen LogP contribution in [0.25, 0.3) is 0 Å². The van der Waals surface area contributed by atoms with E-state index in [0.29, 0.717) is 6.42 Å². The lowest BCUT2D eigenvalue weighted by Gasteiger charge is -2.05. The van der Waals surface area contributed by atoms with E-state index in [1.807, 2.05) is 0 Å². The second-order valence-electron chi connectivity index (χ2n) is 16.2. The topological polar surface area (TPSA) is 74.6 Å². The molecule has 0 atom stereocenters. The zero-order chi connectivity index (χ0) is 37.0. The minimum absolute atomic E-state index is 0.342. The molecule has 0 spiro atoms. The fourth-order valence-electron chi connectivity index (χ4n) is 7.62. The van der Waals surface area contributed by atoms with Crippen molar-refractivity contribution in [2.45, 2.75) is 276 Å². The Kier molecular flexibility index (Phi) is 43.7. The summed E-state index contributed by atoms with van der Waals surface area (Å²) in [5, 5.41) is 17.2. The highest BCUT2D eigenvalue weighted by Gasteiger charge is 1.99. The minimum Gasteiger partial charge on any atom is -0.481 e. The van der Waals surface area contributed by atoms with Gasteiger partial charge in [-0.3, -0.25) is 4.79 Å². The first kappa shape index (κ1) is 49.7. The molecule has 0 aliphatic rings. The fraction of sp³-hybridized carbons (Fsp3) is 0.915. The van der Waals surface area contributed by atoms with E-state index in [4.69, 9.17) is 10.2 Å². The van der Waals surface area contributed by atoms with Crippen molar-refractivity contribution in [1.82, 2.24) is 0 Å². The summed E-state index contributed by atoms with van der Waals surface area (Å²) in [4.78, 5) is 20.9. The molecule has 0 amide bonds. The molecule has 0 aromatic heterocycles. The molecule has 51 heavy (non-hydrogen) atoms. The molecule has 0 bridgehead atoms. The molecular formula is C47H90O4. The van der Waals surface area contributed by atoms with Gasteiger partial charge >= 0.3 is 11.9 Å². The van der Waals surface area contributed by atoms with Crippen LogP contribution < -0.4 is 0 Å². The molecule has 302 valence electrons. The predicted octanol–water partition coefficient (Wildman–Crippen LogP) is 16.5. The Morgan fingerprint density at radius 1 is 0.275 bits per heavy atom. The van der Waals surface area contributed by atoms with Crippen LogP contribution in [0.15, 0.2) is 12.2 Å². The van der Waals surface area contributed by atoms with Gasteiger partial charge in [-0.15, -0.1) is 0 Å². The van der Waals surface area contributed by atoms with Gasteiger partial charge in [-0.05, 0) is 19.3 Å². The van der Waals surface area contributed by atoms with Crippen LogP contribution in [0.5, 0.6) is 0 Å². The third-order valence-electron chi connectivity index (χ3n) is 11.0. The first-order valence-corrected chi connectivity index (χ1v) is 23.2. The largest absolute Gasteiger partial charge is 0.481 e. The Bertz CT molecular complexity index is 717. The number of unbranched alkanes of at least 4 members (excludes halogenated alkanes) is 41. The molecule has 0 heterocycles. The molecular weight excluding hydrogens is 629 g/mol. The molecule has 0 unspecified atom stereocenters. The zero-order valence-electron chi connectivity index (χ0n) is 34.3. The Morgan fingerprint density at radius 3 is 0.627 bits per heavy atom. The van der Waals surface area contributed by atoms with Crippen molar-refractivity contribution in [3.05, 3.63) is 12.2 Å². The summed E-state index contributed by atoms with van der Waals surface area (Å²) in [6, 6.07) is 0. The first-order chi connectivity index (χ1) is 25.1. The summed E-state index contributed by atoms with van der Waals surface area (Å²) in [6.45, 7) is 0. The van der Waals surface area contributed by atoms with E-state index in [9.17, 15) is 9.59 Å². The molecule has 4 nitrogen and oxygen atoms in total. The maximum atomic E-state index is 10.5. The molecule has 4 heteroatoms. The van der Waals surface area contributed by atoms with Crippen LogP contribution in [-0.2, 0) is 9.59 Å². The number of carboxylic acid groups (broad SMARTS) is 2. The summed E-state index contributed by atoms with van der Waals surface area (Å²) >= 11 is 0. The van der Waals surface area contributed by atoms with Crippen LogP contribution in [0, 0.1) is 0 Å². The van der Waals surface area contributed by atoms with E-state index in [0.717, 1.165) is 25.7 Å². The zero-order valence-corrected chi connectivity index (χ0v) is 34.3. The van der Waals surface area contributed by atoms with Gasteiger partial charge in [0.25, 0.3) is 0 Å². The number of aliphatic carboxylic acids is 2. The summed E-state index contributed by atoms with van der Waals surface area (Å²) in [6.07, 6.45) is 61.2. The van der Waals surface area contributed by atoms with Crippen molar-refractivity contribution in [1.29, 1.82) is 0 Å². The molecule has 0 radical (unpaired) electrons. The molecule has 0 aliphatic heterocycles. The standard InChI is InChI=1S/C47H90O4/c48-46(49)44-42-40-38-36-34-32-30-28-26-24-22-20-18-16-14-12-10-8-6-4-2-1-3-5-7-9-11-13-15-17-19-21-23-25-27-29-31-33-35-37-39-41-43-45-47(50)51/h42,44H,1-41,43,45H2,(H,48,49)(H,50,51).